The van der Waals surface area contributed by atoms with E-state index in [0.29, 0.717) is 27.9 Å². The molecular weight excluding hydrogens is 394 g/mol. The van der Waals surface area contributed by atoms with Gasteiger partial charge >= 0.3 is 5.97 Å². The van der Waals surface area contributed by atoms with Crippen molar-refractivity contribution in [1.82, 2.24) is 19.3 Å². The molecule has 1 aromatic carbocycles. The molecule has 9 nitrogen and oxygen atoms in total. The number of benzene rings is 1. The van der Waals surface area contributed by atoms with Crippen LogP contribution in [0.1, 0.15) is 10.5 Å². The Hall–Kier alpha value is -3.50. The van der Waals surface area contributed by atoms with Crippen LogP contribution >= 0.6 is 0 Å². The molecule has 3 heterocycles. The molecular formula is C19H17N5O4S. The van der Waals surface area contributed by atoms with Crippen molar-refractivity contribution in [3.05, 3.63) is 54.5 Å². The highest BCUT2D eigenvalue weighted by Crippen LogP contribution is 2.31. The number of sulfonamides is 1. The van der Waals surface area contributed by atoms with E-state index >= 15 is 0 Å². The zero-order valence-corrected chi connectivity index (χ0v) is 16.4. The Morgan fingerprint density at radius 1 is 1.17 bits per heavy atom. The van der Waals surface area contributed by atoms with Crippen LogP contribution < -0.4 is 5.32 Å². The molecule has 0 saturated heterocycles. The number of aromatic carboxylic acids is 1. The molecule has 4 rings (SSSR count). The summed E-state index contributed by atoms with van der Waals surface area (Å²) in [5, 5.41) is 13.8. The average Bonchev–Trinajstić information content (AvgIpc) is 3.13. The maximum atomic E-state index is 12.4. The number of fused-ring (bicyclic) bond motifs is 3. The van der Waals surface area contributed by atoms with Crippen molar-refractivity contribution in [3.8, 4) is 0 Å². The Balaban J connectivity index is 1.85. The first-order valence-corrected chi connectivity index (χ1v) is 10.0. The molecule has 0 fully saturated rings. The van der Waals surface area contributed by atoms with Crippen molar-refractivity contribution in [2.75, 3.05) is 19.4 Å². The molecule has 0 radical (unpaired) electrons. The lowest BCUT2D eigenvalue weighted by Crippen LogP contribution is -2.22. The largest absolute Gasteiger partial charge is 0.477 e. The van der Waals surface area contributed by atoms with E-state index in [4.69, 9.17) is 0 Å². The lowest BCUT2D eigenvalue weighted by molar-refractivity contribution is 0.0691. The van der Waals surface area contributed by atoms with Crippen LogP contribution in [0.4, 0.5) is 11.5 Å². The van der Waals surface area contributed by atoms with Crippen LogP contribution in [0, 0.1) is 0 Å². The van der Waals surface area contributed by atoms with Gasteiger partial charge in [-0.3, -0.25) is 4.98 Å². The van der Waals surface area contributed by atoms with E-state index in [1.807, 2.05) is 0 Å². The van der Waals surface area contributed by atoms with Crippen molar-refractivity contribution in [2.45, 2.75) is 4.90 Å². The van der Waals surface area contributed by atoms with Crippen molar-refractivity contribution >= 4 is 49.3 Å². The van der Waals surface area contributed by atoms with Gasteiger partial charge in [0.2, 0.25) is 10.0 Å². The van der Waals surface area contributed by atoms with Gasteiger partial charge in [-0.1, -0.05) is 6.07 Å². The number of carboxylic acid groups (broad SMARTS) is 1. The maximum absolute atomic E-state index is 12.4. The maximum Gasteiger partial charge on any atom is 0.352 e. The summed E-state index contributed by atoms with van der Waals surface area (Å²) in [7, 11) is -0.648. The minimum Gasteiger partial charge on any atom is -0.477 e. The van der Waals surface area contributed by atoms with Gasteiger partial charge in [0.15, 0.2) is 0 Å². The molecule has 29 heavy (non-hydrogen) atoms. The molecule has 3 N–H and O–H groups in total. The number of hydrogen-bond acceptors (Lipinski definition) is 6. The Bertz CT molecular complexity index is 1360. The van der Waals surface area contributed by atoms with Crippen LogP contribution in [0.25, 0.3) is 21.8 Å². The number of nitrogens with zero attached hydrogens (tertiary/aromatic N) is 3. The molecule has 0 aliphatic heterocycles. The summed E-state index contributed by atoms with van der Waals surface area (Å²) >= 11 is 0. The Kier molecular flexibility index (Phi) is 4.44. The second-order valence-electron chi connectivity index (χ2n) is 6.57. The van der Waals surface area contributed by atoms with Gasteiger partial charge in [-0.25, -0.2) is 22.5 Å². The highest BCUT2D eigenvalue weighted by molar-refractivity contribution is 7.89. The molecule has 0 spiro atoms. The summed E-state index contributed by atoms with van der Waals surface area (Å²) in [4.78, 5) is 23.0. The number of rotatable bonds is 5. The highest BCUT2D eigenvalue weighted by Gasteiger charge is 2.18. The number of aromatic amines is 1. The molecule has 3 aromatic heterocycles. The number of hydrogen-bond donors (Lipinski definition) is 3. The summed E-state index contributed by atoms with van der Waals surface area (Å²) in [5.41, 5.74) is 1.62. The predicted octanol–water partition coefficient (Wildman–Crippen LogP) is 2.80. The van der Waals surface area contributed by atoms with E-state index < -0.39 is 16.0 Å². The van der Waals surface area contributed by atoms with Gasteiger partial charge in [0.05, 0.1) is 15.9 Å². The summed E-state index contributed by atoms with van der Waals surface area (Å²) in [6.07, 6.45) is 3.23. The van der Waals surface area contributed by atoms with E-state index in [1.54, 1.807) is 30.6 Å². The molecule has 4 aromatic rings. The Labute approximate surface area is 166 Å². The van der Waals surface area contributed by atoms with E-state index in [2.05, 4.69) is 20.3 Å². The van der Waals surface area contributed by atoms with E-state index in [0.717, 1.165) is 9.69 Å². The van der Waals surface area contributed by atoms with Crippen molar-refractivity contribution in [3.63, 3.8) is 0 Å². The number of anilines is 2. The second kappa shape index (κ2) is 6.83. The highest BCUT2D eigenvalue weighted by atomic mass is 32.2. The van der Waals surface area contributed by atoms with Crippen molar-refractivity contribution in [2.24, 2.45) is 0 Å². The molecule has 0 saturated carbocycles. The summed E-state index contributed by atoms with van der Waals surface area (Å²) < 4.78 is 25.9. The standard InChI is InChI=1S/C19H17N5O4S/c1-24(2)29(27,28)12-5-3-4-11(8-12)21-18-14-10-20-7-6-13(14)17-15(23-18)9-16(22-17)19(25)26/h3-10,22H,1-2H3,(H,21,23)(H,25,26). The van der Waals surface area contributed by atoms with Crippen LogP contribution in [0.5, 0.6) is 0 Å². The Morgan fingerprint density at radius 2 is 1.97 bits per heavy atom. The minimum atomic E-state index is -3.58. The first kappa shape index (κ1) is 18.8. The fourth-order valence-electron chi connectivity index (χ4n) is 3.01. The lowest BCUT2D eigenvalue weighted by atomic mass is 10.2. The fraction of sp³-hybridized carbons (Fsp3) is 0.105. The normalized spacial score (nSPS) is 12.0. The molecule has 0 bridgehead atoms. The molecule has 0 aliphatic carbocycles. The van der Waals surface area contributed by atoms with Crippen molar-refractivity contribution in [1.29, 1.82) is 0 Å². The van der Waals surface area contributed by atoms with E-state index in [1.165, 1.54) is 32.3 Å². The molecule has 0 atom stereocenters. The van der Waals surface area contributed by atoms with Gasteiger partial charge in [0, 0.05) is 42.9 Å². The Morgan fingerprint density at radius 3 is 2.69 bits per heavy atom. The smallest absolute Gasteiger partial charge is 0.352 e. The summed E-state index contributed by atoms with van der Waals surface area (Å²) in [6.45, 7) is 0. The third-order valence-corrected chi connectivity index (χ3v) is 6.29. The van der Waals surface area contributed by atoms with Gasteiger partial charge in [0.25, 0.3) is 0 Å². The lowest BCUT2D eigenvalue weighted by Gasteiger charge is -2.14. The monoisotopic (exact) mass is 411 g/mol. The van der Waals surface area contributed by atoms with Crippen LogP contribution in [-0.2, 0) is 10.0 Å². The third kappa shape index (κ3) is 3.28. The zero-order chi connectivity index (χ0) is 20.8. The number of carboxylic acids is 1. The van der Waals surface area contributed by atoms with Gasteiger partial charge in [-0.15, -0.1) is 0 Å². The molecule has 10 heteroatoms. The van der Waals surface area contributed by atoms with Gasteiger partial charge in [0.1, 0.15) is 11.5 Å². The molecule has 0 amide bonds. The van der Waals surface area contributed by atoms with Crippen LogP contribution in [0.2, 0.25) is 0 Å². The molecule has 148 valence electrons. The fourth-order valence-corrected chi connectivity index (χ4v) is 3.96. The number of pyridine rings is 2. The average molecular weight is 411 g/mol. The van der Waals surface area contributed by atoms with Gasteiger partial charge in [-0.2, -0.15) is 0 Å². The topological polar surface area (TPSA) is 128 Å². The first-order valence-electron chi connectivity index (χ1n) is 8.57. The predicted molar refractivity (Wildman–Crippen MR) is 109 cm³/mol. The first-order chi connectivity index (χ1) is 13.8. The van der Waals surface area contributed by atoms with E-state index in [9.17, 15) is 18.3 Å². The van der Waals surface area contributed by atoms with E-state index in [-0.39, 0.29) is 10.6 Å². The summed E-state index contributed by atoms with van der Waals surface area (Å²) in [6, 6.07) is 9.61. The minimum absolute atomic E-state index is 0.0295. The third-order valence-electron chi connectivity index (χ3n) is 4.48. The van der Waals surface area contributed by atoms with Crippen LogP contribution in [0.3, 0.4) is 0 Å². The summed E-state index contributed by atoms with van der Waals surface area (Å²) in [5.74, 6) is -0.641. The molecule has 0 aliphatic rings. The number of nitrogens with one attached hydrogen (secondary N) is 2. The van der Waals surface area contributed by atoms with Crippen LogP contribution in [0.15, 0.2) is 53.7 Å². The molecule has 0 unspecified atom stereocenters. The number of aromatic nitrogens is 3. The number of H-pyrrole nitrogens is 1. The van der Waals surface area contributed by atoms with Crippen molar-refractivity contribution < 1.29 is 18.3 Å². The number of carbonyl (C=O) groups is 1. The zero-order valence-electron chi connectivity index (χ0n) is 15.5. The van der Waals surface area contributed by atoms with Crippen LogP contribution in [-0.4, -0.2) is 52.8 Å². The SMILES string of the molecule is CN(C)S(=O)(=O)c1cccc(Nc2nc3cc(C(=O)O)[nH]c3c3ccncc23)c1. The van der Waals surface area contributed by atoms with Gasteiger partial charge < -0.3 is 15.4 Å². The second-order valence-corrected chi connectivity index (χ2v) is 8.72. The quantitative estimate of drug-likeness (QED) is 0.461. The van der Waals surface area contributed by atoms with Gasteiger partial charge in [-0.05, 0) is 30.3 Å².